The molecule has 1 heterocycles. The summed E-state index contributed by atoms with van der Waals surface area (Å²) in [6.07, 6.45) is 5.14. The van der Waals surface area contributed by atoms with E-state index in [0.29, 0.717) is 22.8 Å². The van der Waals surface area contributed by atoms with Crippen molar-refractivity contribution in [3.63, 3.8) is 0 Å². The van der Waals surface area contributed by atoms with Gasteiger partial charge in [-0.1, -0.05) is 12.1 Å². The molecule has 1 N–H and O–H groups in total. The second-order valence-corrected chi connectivity index (χ2v) is 5.98. The van der Waals surface area contributed by atoms with E-state index in [-0.39, 0.29) is 5.56 Å². The van der Waals surface area contributed by atoms with Crippen LogP contribution in [-0.4, -0.2) is 16.1 Å². The zero-order chi connectivity index (χ0) is 15.6. The number of rotatable bonds is 3. The Morgan fingerprint density at radius 2 is 1.74 bits per heavy atom. The van der Waals surface area contributed by atoms with Crippen molar-refractivity contribution >= 4 is 10.9 Å². The van der Waals surface area contributed by atoms with Crippen molar-refractivity contribution in [1.29, 1.82) is 0 Å². The first-order chi connectivity index (χ1) is 11.3. The highest BCUT2D eigenvalue weighted by Crippen LogP contribution is 2.25. The quantitative estimate of drug-likeness (QED) is 0.798. The van der Waals surface area contributed by atoms with Gasteiger partial charge in [0.2, 0.25) is 0 Å². The minimum atomic E-state index is -0.114. The molecule has 0 aliphatic heterocycles. The number of hydrogen-bond acceptors (Lipinski definition) is 3. The molecular weight excluding hydrogens is 288 g/mol. The first-order valence-corrected chi connectivity index (χ1v) is 8.06. The molecule has 116 valence electrons. The second kappa shape index (κ2) is 5.88. The van der Waals surface area contributed by atoms with Gasteiger partial charge in [0.1, 0.15) is 11.6 Å². The Kier molecular flexibility index (Phi) is 3.58. The number of aromatic amines is 1. The van der Waals surface area contributed by atoms with Crippen LogP contribution in [0.25, 0.3) is 22.3 Å². The average Bonchev–Trinajstić information content (AvgIpc) is 3.08. The van der Waals surface area contributed by atoms with Crippen LogP contribution in [0, 0.1) is 0 Å². The van der Waals surface area contributed by atoms with Crippen LogP contribution in [0.2, 0.25) is 0 Å². The number of hydrogen-bond donors (Lipinski definition) is 1. The van der Waals surface area contributed by atoms with Crippen LogP contribution in [0.15, 0.2) is 53.3 Å². The van der Waals surface area contributed by atoms with Crippen LogP contribution in [0.4, 0.5) is 0 Å². The Morgan fingerprint density at radius 3 is 2.52 bits per heavy atom. The first kappa shape index (κ1) is 14.0. The van der Waals surface area contributed by atoms with Crippen molar-refractivity contribution in [3.05, 3.63) is 58.9 Å². The summed E-state index contributed by atoms with van der Waals surface area (Å²) in [6, 6.07) is 15.1. The van der Waals surface area contributed by atoms with E-state index in [1.165, 1.54) is 12.8 Å². The molecule has 0 amide bonds. The summed E-state index contributed by atoms with van der Waals surface area (Å²) < 4.78 is 5.97. The van der Waals surface area contributed by atoms with Gasteiger partial charge in [0, 0.05) is 5.56 Å². The van der Waals surface area contributed by atoms with Crippen LogP contribution in [0.3, 0.4) is 0 Å². The minimum Gasteiger partial charge on any atom is -0.490 e. The summed E-state index contributed by atoms with van der Waals surface area (Å²) in [4.78, 5) is 19.5. The van der Waals surface area contributed by atoms with Crippen molar-refractivity contribution in [1.82, 2.24) is 9.97 Å². The minimum absolute atomic E-state index is 0.114. The molecule has 2 aromatic carbocycles. The van der Waals surface area contributed by atoms with Gasteiger partial charge in [0.05, 0.1) is 17.0 Å². The maximum atomic E-state index is 12.1. The third-order valence-corrected chi connectivity index (χ3v) is 4.35. The molecule has 1 aliphatic carbocycles. The Morgan fingerprint density at radius 1 is 1.00 bits per heavy atom. The van der Waals surface area contributed by atoms with Gasteiger partial charge in [-0.25, -0.2) is 4.98 Å². The average molecular weight is 306 g/mol. The van der Waals surface area contributed by atoms with Gasteiger partial charge in [-0.3, -0.25) is 4.79 Å². The fourth-order valence-corrected chi connectivity index (χ4v) is 3.11. The lowest BCUT2D eigenvalue weighted by molar-refractivity contribution is 0.210. The van der Waals surface area contributed by atoms with Gasteiger partial charge in [-0.05, 0) is 62.1 Å². The van der Waals surface area contributed by atoms with Crippen molar-refractivity contribution < 1.29 is 4.74 Å². The molecule has 1 aliphatic rings. The highest BCUT2D eigenvalue weighted by molar-refractivity contribution is 5.79. The van der Waals surface area contributed by atoms with Crippen LogP contribution in [0.1, 0.15) is 25.7 Å². The van der Waals surface area contributed by atoms with Crippen LogP contribution in [0.5, 0.6) is 5.75 Å². The van der Waals surface area contributed by atoms with E-state index in [0.717, 1.165) is 24.2 Å². The van der Waals surface area contributed by atoms with Crippen molar-refractivity contribution in [2.75, 3.05) is 0 Å². The van der Waals surface area contributed by atoms with E-state index in [1.54, 1.807) is 6.07 Å². The lowest BCUT2D eigenvalue weighted by atomic mass is 10.2. The molecule has 1 aromatic heterocycles. The summed E-state index contributed by atoms with van der Waals surface area (Å²) in [5.74, 6) is 1.46. The molecule has 1 fully saturated rings. The summed E-state index contributed by atoms with van der Waals surface area (Å²) in [5, 5.41) is 0.609. The van der Waals surface area contributed by atoms with E-state index >= 15 is 0 Å². The van der Waals surface area contributed by atoms with Gasteiger partial charge in [0.25, 0.3) is 5.56 Å². The third-order valence-electron chi connectivity index (χ3n) is 4.35. The van der Waals surface area contributed by atoms with E-state index in [4.69, 9.17) is 4.74 Å². The molecule has 0 spiro atoms. The molecule has 0 radical (unpaired) electrons. The van der Waals surface area contributed by atoms with E-state index in [1.807, 2.05) is 42.5 Å². The zero-order valence-corrected chi connectivity index (χ0v) is 12.8. The van der Waals surface area contributed by atoms with E-state index < -0.39 is 0 Å². The van der Waals surface area contributed by atoms with E-state index in [9.17, 15) is 4.79 Å². The number of aromatic nitrogens is 2. The Bertz CT molecular complexity index is 878. The smallest absolute Gasteiger partial charge is 0.259 e. The molecule has 4 rings (SSSR count). The lowest BCUT2D eigenvalue weighted by Gasteiger charge is -2.13. The number of nitrogens with one attached hydrogen (secondary N) is 1. The van der Waals surface area contributed by atoms with Crippen molar-refractivity contribution in [2.45, 2.75) is 31.8 Å². The summed E-state index contributed by atoms with van der Waals surface area (Å²) >= 11 is 0. The largest absolute Gasteiger partial charge is 0.490 e. The molecule has 3 aromatic rings. The van der Waals surface area contributed by atoms with Crippen LogP contribution in [-0.2, 0) is 0 Å². The van der Waals surface area contributed by atoms with Gasteiger partial charge < -0.3 is 9.72 Å². The standard InChI is InChI=1S/C19H18N2O2/c22-19-16-7-3-4-8-17(16)20-18(21-19)13-9-11-15(12-10-13)23-14-5-1-2-6-14/h3-4,7-12,14H,1-2,5-6H2,(H,20,21,22). The molecule has 0 atom stereocenters. The predicted octanol–water partition coefficient (Wildman–Crippen LogP) is 3.91. The molecule has 0 saturated heterocycles. The molecule has 23 heavy (non-hydrogen) atoms. The molecule has 0 bridgehead atoms. The van der Waals surface area contributed by atoms with Crippen LogP contribution < -0.4 is 10.3 Å². The molecule has 0 unspecified atom stereocenters. The van der Waals surface area contributed by atoms with Gasteiger partial charge in [-0.15, -0.1) is 0 Å². The van der Waals surface area contributed by atoms with Gasteiger partial charge >= 0.3 is 0 Å². The summed E-state index contributed by atoms with van der Waals surface area (Å²) in [6.45, 7) is 0. The molecule has 4 heteroatoms. The molecule has 1 saturated carbocycles. The number of H-pyrrole nitrogens is 1. The third kappa shape index (κ3) is 2.84. The maximum Gasteiger partial charge on any atom is 0.259 e. The molecule has 4 nitrogen and oxygen atoms in total. The van der Waals surface area contributed by atoms with Crippen molar-refractivity contribution in [3.8, 4) is 17.1 Å². The first-order valence-electron chi connectivity index (χ1n) is 8.06. The predicted molar refractivity (Wildman–Crippen MR) is 90.7 cm³/mol. The van der Waals surface area contributed by atoms with Crippen molar-refractivity contribution in [2.24, 2.45) is 0 Å². The fraction of sp³-hybridized carbons (Fsp3) is 0.263. The highest BCUT2D eigenvalue weighted by atomic mass is 16.5. The number of benzene rings is 2. The number of ether oxygens (including phenoxy) is 1. The van der Waals surface area contributed by atoms with Gasteiger partial charge in [0.15, 0.2) is 0 Å². The van der Waals surface area contributed by atoms with Gasteiger partial charge in [-0.2, -0.15) is 0 Å². The SMILES string of the molecule is O=c1[nH]c(-c2ccc(OC3CCCC3)cc2)nc2ccccc12. The fourth-order valence-electron chi connectivity index (χ4n) is 3.11. The number of fused-ring (bicyclic) bond motifs is 1. The lowest BCUT2D eigenvalue weighted by Crippen LogP contribution is -2.11. The van der Waals surface area contributed by atoms with E-state index in [2.05, 4.69) is 9.97 Å². The Hall–Kier alpha value is -2.62. The monoisotopic (exact) mass is 306 g/mol. The van der Waals surface area contributed by atoms with Crippen LogP contribution >= 0.6 is 0 Å². The summed E-state index contributed by atoms with van der Waals surface area (Å²) in [5.41, 5.74) is 1.47. The molecular formula is C19H18N2O2. The Balaban J connectivity index is 1.63. The second-order valence-electron chi connectivity index (χ2n) is 5.98. The Labute approximate surface area is 134 Å². The topological polar surface area (TPSA) is 55.0 Å². The number of para-hydroxylation sites is 1. The highest BCUT2D eigenvalue weighted by Gasteiger charge is 2.16. The maximum absolute atomic E-state index is 12.1. The number of nitrogens with zero attached hydrogens (tertiary/aromatic N) is 1. The normalized spacial score (nSPS) is 15.1. The zero-order valence-electron chi connectivity index (χ0n) is 12.8. The summed E-state index contributed by atoms with van der Waals surface area (Å²) in [7, 11) is 0.